The van der Waals surface area contributed by atoms with E-state index in [4.69, 9.17) is 9.97 Å². The minimum absolute atomic E-state index is 0.908. The average molecular weight is 739 g/mol. The molecule has 0 aliphatic carbocycles. The first-order valence-electron chi connectivity index (χ1n) is 19.5. The molecule has 0 fully saturated rings. The van der Waals surface area contributed by atoms with Gasteiger partial charge in [0.1, 0.15) is 0 Å². The molecule has 4 heteroatoms. The number of aromatic nitrogens is 4. The van der Waals surface area contributed by atoms with Gasteiger partial charge in [-0.1, -0.05) is 133 Å². The third-order valence-corrected chi connectivity index (χ3v) is 11.4. The number of fused-ring (bicyclic) bond motifs is 4. The van der Waals surface area contributed by atoms with Crippen LogP contribution < -0.4 is 0 Å². The van der Waals surface area contributed by atoms with E-state index >= 15 is 0 Å². The summed E-state index contributed by atoms with van der Waals surface area (Å²) in [6, 6.07) is 61.0. The number of hydrogen-bond donors (Lipinski definition) is 0. The van der Waals surface area contributed by atoms with Crippen LogP contribution in [0.25, 0.3) is 110 Å². The summed E-state index contributed by atoms with van der Waals surface area (Å²) < 4.78 is 0. The summed E-state index contributed by atoms with van der Waals surface area (Å²) in [6.45, 7) is 0. The topological polar surface area (TPSA) is 51.6 Å². The largest absolute Gasteiger partial charge is 0.264 e. The van der Waals surface area contributed by atoms with E-state index in [0.717, 1.165) is 44.8 Å². The highest BCUT2D eigenvalue weighted by atomic mass is 14.7. The summed E-state index contributed by atoms with van der Waals surface area (Å²) in [6.07, 6.45) is 11.2. The monoisotopic (exact) mass is 738 g/mol. The van der Waals surface area contributed by atoms with Gasteiger partial charge in [-0.3, -0.25) is 19.9 Å². The van der Waals surface area contributed by atoms with Crippen molar-refractivity contribution in [2.75, 3.05) is 0 Å². The standard InChI is InChI=1S/C54H34N4/c1-3-15-43-41(13-1)39(35-21-27-51(57-33-35)37-11-9-29-55-31-37)23-25-49(43)53-45-17-5-7-19-47(45)54(48-20-8-6-18-46(48)53)50-26-24-40(42-14-2-4-16-44(42)50)36-22-28-52(58-34-36)38-12-10-30-56-32-38/h1-34H. The van der Waals surface area contributed by atoms with E-state index in [1.165, 1.54) is 65.3 Å². The number of pyridine rings is 4. The predicted molar refractivity (Wildman–Crippen MR) is 240 cm³/mol. The van der Waals surface area contributed by atoms with Crippen molar-refractivity contribution < 1.29 is 0 Å². The highest BCUT2D eigenvalue weighted by Crippen LogP contribution is 2.48. The molecule has 7 aromatic carbocycles. The molecule has 4 aromatic heterocycles. The van der Waals surface area contributed by atoms with Crippen molar-refractivity contribution in [3.63, 3.8) is 0 Å². The molecule has 4 nitrogen and oxygen atoms in total. The SMILES string of the molecule is c1cncc(-c2ccc(-c3ccc(-c4c5ccccc5c(-c5ccc(-c6ccc(-c7cccnc7)nc6)c6ccccc56)c5ccccc45)c4ccccc34)cn2)c1. The van der Waals surface area contributed by atoms with Crippen LogP contribution in [0.3, 0.4) is 0 Å². The van der Waals surface area contributed by atoms with Crippen LogP contribution in [0.15, 0.2) is 207 Å². The third kappa shape index (κ3) is 5.62. The molecule has 58 heavy (non-hydrogen) atoms. The maximum Gasteiger partial charge on any atom is 0.0717 e. The first kappa shape index (κ1) is 33.5. The van der Waals surface area contributed by atoms with E-state index in [0.29, 0.717) is 0 Å². The minimum atomic E-state index is 0.908. The molecule has 0 saturated heterocycles. The molecule has 0 saturated carbocycles. The number of rotatable bonds is 6. The molecule has 11 aromatic rings. The van der Waals surface area contributed by atoms with Crippen LogP contribution in [0.5, 0.6) is 0 Å². The van der Waals surface area contributed by atoms with Gasteiger partial charge in [0.2, 0.25) is 0 Å². The molecule has 0 radical (unpaired) electrons. The molecular formula is C54H34N4. The fourth-order valence-corrected chi connectivity index (χ4v) is 8.72. The number of benzene rings is 7. The van der Waals surface area contributed by atoms with Gasteiger partial charge in [-0.15, -0.1) is 0 Å². The Morgan fingerprint density at radius 1 is 0.241 bits per heavy atom. The predicted octanol–water partition coefficient (Wildman–Crippen LogP) is 13.9. The van der Waals surface area contributed by atoms with Crippen LogP contribution in [-0.4, -0.2) is 19.9 Å². The quantitative estimate of drug-likeness (QED) is 0.159. The lowest BCUT2D eigenvalue weighted by Crippen LogP contribution is -1.94. The summed E-state index contributed by atoms with van der Waals surface area (Å²) >= 11 is 0. The van der Waals surface area contributed by atoms with Crippen LogP contribution >= 0.6 is 0 Å². The lowest BCUT2D eigenvalue weighted by molar-refractivity contribution is 1.28. The van der Waals surface area contributed by atoms with E-state index in [-0.39, 0.29) is 0 Å². The van der Waals surface area contributed by atoms with Crippen molar-refractivity contribution in [3.05, 3.63) is 207 Å². The van der Waals surface area contributed by atoms with Gasteiger partial charge in [0.25, 0.3) is 0 Å². The normalized spacial score (nSPS) is 11.4. The molecular weight excluding hydrogens is 705 g/mol. The van der Waals surface area contributed by atoms with Crippen molar-refractivity contribution in [2.24, 2.45) is 0 Å². The number of hydrogen-bond acceptors (Lipinski definition) is 4. The molecule has 0 amide bonds. The van der Waals surface area contributed by atoms with Gasteiger partial charge in [-0.2, -0.15) is 0 Å². The number of nitrogens with zero attached hydrogens (tertiary/aromatic N) is 4. The lowest BCUT2D eigenvalue weighted by atomic mass is 9.82. The Kier molecular flexibility index (Phi) is 8.11. The van der Waals surface area contributed by atoms with E-state index in [9.17, 15) is 0 Å². The van der Waals surface area contributed by atoms with Crippen LogP contribution in [0, 0.1) is 0 Å². The van der Waals surface area contributed by atoms with E-state index in [1.807, 2.05) is 49.1 Å². The smallest absolute Gasteiger partial charge is 0.0717 e. The Morgan fingerprint density at radius 3 is 0.914 bits per heavy atom. The third-order valence-electron chi connectivity index (χ3n) is 11.4. The molecule has 4 heterocycles. The Bertz CT molecular complexity index is 3020. The molecule has 0 spiro atoms. The summed E-state index contributed by atoms with van der Waals surface area (Å²) in [5.74, 6) is 0. The van der Waals surface area contributed by atoms with Gasteiger partial charge in [-0.25, -0.2) is 0 Å². The first-order chi connectivity index (χ1) is 28.8. The maximum atomic E-state index is 4.85. The second-order valence-electron chi connectivity index (χ2n) is 14.6. The Labute approximate surface area is 335 Å². The Hall–Kier alpha value is -7.82. The summed E-state index contributed by atoms with van der Waals surface area (Å²) in [5.41, 5.74) is 13.2. The second kappa shape index (κ2) is 14.0. The van der Waals surface area contributed by atoms with E-state index in [1.54, 1.807) is 12.4 Å². The molecule has 0 unspecified atom stereocenters. The average Bonchev–Trinajstić information content (AvgIpc) is 3.31. The van der Waals surface area contributed by atoms with Crippen molar-refractivity contribution in [1.29, 1.82) is 0 Å². The van der Waals surface area contributed by atoms with Crippen LogP contribution in [0.4, 0.5) is 0 Å². The van der Waals surface area contributed by atoms with E-state index < -0.39 is 0 Å². The highest BCUT2D eigenvalue weighted by Gasteiger charge is 2.21. The molecule has 0 aliphatic heterocycles. The van der Waals surface area contributed by atoms with Gasteiger partial charge in [-0.05, 0) is 113 Å². The molecule has 0 N–H and O–H groups in total. The van der Waals surface area contributed by atoms with Gasteiger partial charge in [0.15, 0.2) is 0 Å². The van der Waals surface area contributed by atoms with Crippen molar-refractivity contribution >= 4 is 43.1 Å². The molecule has 0 aliphatic rings. The van der Waals surface area contributed by atoms with Crippen molar-refractivity contribution in [3.8, 4) is 67.0 Å². The lowest BCUT2D eigenvalue weighted by Gasteiger charge is -2.21. The van der Waals surface area contributed by atoms with Crippen LogP contribution in [-0.2, 0) is 0 Å². The maximum absolute atomic E-state index is 4.85. The zero-order chi connectivity index (χ0) is 38.4. The van der Waals surface area contributed by atoms with Crippen LogP contribution in [0.2, 0.25) is 0 Å². The summed E-state index contributed by atoms with van der Waals surface area (Å²) in [4.78, 5) is 18.3. The molecule has 0 bridgehead atoms. The molecule has 270 valence electrons. The fourth-order valence-electron chi connectivity index (χ4n) is 8.72. The second-order valence-corrected chi connectivity index (χ2v) is 14.6. The van der Waals surface area contributed by atoms with Crippen molar-refractivity contribution in [1.82, 2.24) is 19.9 Å². The van der Waals surface area contributed by atoms with Gasteiger partial charge >= 0.3 is 0 Å². The first-order valence-corrected chi connectivity index (χ1v) is 19.5. The molecule has 11 rings (SSSR count). The van der Waals surface area contributed by atoms with Gasteiger partial charge < -0.3 is 0 Å². The zero-order valence-corrected chi connectivity index (χ0v) is 31.4. The highest BCUT2D eigenvalue weighted by molar-refractivity contribution is 6.26. The molecule has 0 atom stereocenters. The Morgan fingerprint density at radius 2 is 0.586 bits per heavy atom. The minimum Gasteiger partial charge on any atom is -0.264 e. The fraction of sp³-hybridized carbons (Fsp3) is 0. The zero-order valence-electron chi connectivity index (χ0n) is 31.4. The Balaban J connectivity index is 1.09. The van der Waals surface area contributed by atoms with Gasteiger partial charge in [0, 0.05) is 59.4 Å². The van der Waals surface area contributed by atoms with E-state index in [2.05, 4.69) is 156 Å². The summed E-state index contributed by atoms with van der Waals surface area (Å²) in [7, 11) is 0. The van der Waals surface area contributed by atoms with Gasteiger partial charge in [0.05, 0.1) is 11.4 Å². The van der Waals surface area contributed by atoms with Crippen LogP contribution in [0.1, 0.15) is 0 Å². The van der Waals surface area contributed by atoms with Crippen molar-refractivity contribution in [2.45, 2.75) is 0 Å². The summed E-state index contributed by atoms with van der Waals surface area (Å²) in [5, 5.41) is 9.69.